The van der Waals surface area contributed by atoms with Crippen molar-refractivity contribution in [1.29, 1.82) is 0 Å². The van der Waals surface area contributed by atoms with E-state index in [9.17, 15) is 0 Å². The fraction of sp³-hybridized carbons (Fsp3) is 1.00. The van der Waals surface area contributed by atoms with Crippen molar-refractivity contribution >= 4 is 22.9 Å². The van der Waals surface area contributed by atoms with Gasteiger partial charge < -0.3 is 0 Å². The molecule has 0 saturated carbocycles. The summed E-state index contributed by atoms with van der Waals surface area (Å²) in [5, 5.41) is 0. The molecule has 2 heteroatoms. The van der Waals surface area contributed by atoms with E-state index < -0.39 is 0 Å². The Labute approximate surface area is 46.3 Å². The molecule has 0 amide bonds. The molecule has 0 aromatic carbocycles. The normalized spacial score (nSPS) is 8.60. The summed E-state index contributed by atoms with van der Waals surface area (Å²) in [6, 6.07) is 0. The molecule has 0 atom stereocenters. The average Bonchev–Trinajstić information content (AvgIpc) is 1.41. The second-order valence-corrected chi connectivity index (χ2v) is 1.67. The molecule has 5 heavy (non-hydrogen) atoms. The summed E-state index contributed by atoms with van der Waals surface area (Å²) in [6.45, 7) is 3.03. The van der Waals surface area contributed by atoms with E-state index in [4.69, 9.17) is 3.07 Å². The van der Waals surface area contributed by atoms with E-state index in [1.165, 1.54) is 22.9 Å². The molecule has 0 aromatic heterocycles. The van der Waals surface area contributed by atoms with Gasteiger partial charge in [0, 0.05) is 0 Å². The molecule has 0 saturated heterocycles. The quantitative estimate of drug-likeness (QED) is 0.559. The van der Waals surface area contributed by atoms with Crippen LogP contribution in [-0.2, 0) is 3.07 Å². The van der Waals surface area contributed by atoms with E-state index in [2.05, 4.69) is 6.92 Å². The van der Waals surface area contributed by atoms with Crippen LogP contribution in [0.25, 0.3) is 0 Å². The van der Waals surface area contributed by atoms with Gasteiger partial charge in [-0.1, -0.05) is 0 Å². The molecule has 1 nitrogen and oxygen atoms in total. The van der Waals surface area contributed by atoms with Crippen LogP contribution in [0.2, 0.25) is 0 Å². The Morgan fingerprint density at radius 3 is 2.40 bits per heavy atom. The zero-order chi connectivity index (χ0) is 4.12. The van der Waals surface area contributed by atoms with Gasteiger partial charge in [0.1, 0.15) is 0 Å². The summed E-state index contributed by atoms with van der Waals surface area (Å²) < 4.78 is 4.78. The van der Waals surface area contributed by atoms with Crippen LogP contribution in [0.15, 0.2) is 0 Å². The third-order valence-electron chi connectivity index (χ3n) is 0.306. The van der Waals surface area contributed by atoms with Crippen molar-refractivity contribution in [2.45, 2.75) is 13.3 Å². The first-order valence-corrected chi connectivity index (χ1v) is 2.87. The van der Waals surface area contributed by atoms with Crippen LogP contribution >= 0.6 is 0 Å². The van der Waals surface area contributed by atoms with Gasteiger partial charge in [0.2, 0.25) is 0 Å². The Morgan fingerprint density at radius 2 is 2.40 bits per heavy atom. The Kier molecular flexibility index (Phi) is 5.48. The Balaban J connectivity index is 2.19. The summed E-state index contributed by atoms with van der Waals surface area (Å²) in [4.78, 5) is 0. The van der Waals surface area contributed by atoms with E-state index in [1.807, 2.05) is 0 Å². The van der Waals surface area contributed by atoms with Crippen LogP contribution in [0.1, 0.15) is 13.3 Å². The molecule has 0 N–H and O–H groups in total. The van der Waals surface area contributed by atoms with E-state index in [-0.39, 0.29) is 0 Å². The first kappa shape index (κ1) is 5.76. The first-order valence-electron chi connectivity index (χ1n) is 1.70. The molecule has 0 radical (unpaired) electrons. The average molecular weight is 178 g/mol. The predicted octanol–water partition coefficient (Wildman–Crippen LogP) is 0.496. The van der Waals surface area contributed by atoms with Gasteiger partial charge in [-0.25, -0.2) is 0 Å². The van der Waals surface area contributed by atoms with Crippen molar-refractivity contribution in [3.63, 3.8) is 0 Å². The molecule has 0 spiro atoms. The molecule has 0 aliphatic heterocycles. The Hall–Kier alpha value is 0.759. The van der Waals surface area contributed by atoms with E-state index in [1.54, 1.807) is 0 Å². The summed E-state index contributed by atoms with van der Waals surface area (Å²) in [6.07, 6.45) is 1.14. The van der Waals surface area contributed by atoms with Crippen molar-refractivity contribution in [2.24, 2.45) is 0 Å². The summed E-state index contributed by atoms with van der Waals surface area (Å²) in [7, 11) is 0. The maximum absolute atomic E-state index is 4.78. The second kappa shape index (κ2) is 4.76. The topological polar surface area (TPSA) is 9.23 Å². The number of rotatable bonds is 2. The van der Waals surface area contributed by atoms with Gasteiger partial charge in [-0.15, -0.1) is 0 Å². The molecule has 0 fully saturated rings. The zero-order valence-corrected chi connectivity index (χ0v) is 6.18. The molecule has 26 valence electrons. The molecule has 0 aromatic rings. The maximum atomic E-state index is 4.78. The Morgan fingerprint density at radius 1 is 1.80 bits per heavy atom. The van der Waals surface area contributed by atoms with Gasteiger partial charge in [-0.3, -0.25) is 0 Å². The first-order chi connectivity index (χ1) is 2.41. The zero-order valence-electron chi connectivity index (χ0n) is 3.32. The van der Waals surface area contributed by atoms with Gasteiger partial charge in [-0.2, -0.15) is 0 Å². The van der Waals surface area contributed by atoms with Gasteiger partial charge in [-0.05, 0) is 0 Å². The van der Waals surface area contributed by atoms with Crippen LogP contribution in [0.5, 0.6) is 0 Å². The number of hydrogen-bond donors (Lipinski definition) is 0. The van der Waals surface area contributed by atoms with E-state index in [0.717, 1.165) is 13.0 Å². The number of hydrogen-bond acceptors (Lipinski definition) is 1. The molecule has 0 aliphatic carbocycles. The second-order valence-electron chi connectivity index (χ2n) is 0.848. The SMILES string of the molecule is CCC[O][Sn+3]. The van der Waals surface area contributed by atoms with Crippen LogP contribution in [-0.4, -0.2) is 29.5 Å². The van der Waals surface area contributed by atoms with E-state index in [0.29, 0.717) is 0 Å². The van der Waals surface area contributed by atoms with Crippen molar-refractivity contribution in [3.05, 3.63) is 0 Å². The Bertz CT molecular complexity index is 14.4. The van der Waals surface area contributed by atoms with Crippen molar-refractivity contribution in [2.75, 3.05) is 6.61 Å². The summed E-state index contributed by atoms with van der Waals surface area (Å²) in [5.41, 5.74) is 0. The van der Waals surface area contributed by atoms with Gasteiger partial charge >= 0.3 is 46.0 Å². The minimum atomic E-state index is 0.929. The van der Waals surface area contributed by atoms with Gasteiger partial charge in [0.15, 0.2) is 0 Å². The van der Waals surface area contributed by atoms with Crippen LogP contribution < -0.4 is 0 Å². The van der Waals surface area contributed by atoms with Gasteiger partial charge in [0.25, 0.3) is 0 Å². The van der Waals surface area contributed by atoms with Gasteiger partial charge in [0.05, 0.1) is 0 Å². The van der Waals surface area contributed by atoms with Crippen LogP contribution in [0.3, 0.4) is 0 Å². The van der Waals surface area contributed by atoms with Crippen LogP contribution in [0.4, 0.5) is 0 Å². The van der Waals surface area contributed by atoms with Crippen molar-refractivity contribution in [1.82, 2.24) is 0 Å². The molecule has 0 aliphatic rings. The molecule has 0 rings (SSSR count). The minimum absolute atomic E-state index is 0.929. The summed E-state index contributed by atoms with van der Waals surface area (Å²) in [5.74, 6) is 0. The molecule has 0 heterocycles. The van der Waals surface area contributed by atoms with Crippen LogP contribution in [0, 0.1) is 0 Å². The molecular formula is C3H7OSn+3. The van der Waals surface area contributed by atoms with E-state index >= 15 is 0 Å². The van der Waals surface area contributed by atoms with Crippen molar-refractivity contribution < 1.29 is 3.07 Å². The molecular weight excluding hydrogens is 171 g/mol. The summed E-state index contributed by atoms with van der Waals surface area (Å²) >= 11 is 1.18. The fourth-order valence-electron chi connectivity index (χ4n) is 0.102. The standard InChI is InChI=1S/C3H7O.Sn/c1-2-3-4;/h2-3H2,1H3;/q-1;+4. The monoisotopic (exact) mass is 179 g/mol. The fourth-order valence-corrected chi connectivity index (χ4v) is 0.685. The molecule has 0 bridgehead atoms. The molecule has 0 unspecified atom stereocenters. The van der Waals surface area contributed by atoms with Crippen molar-refractivity contribution in [3.8, 4) is 0 Å². The third kappa shape index (κ3) is 4.76. The predicted molar refractivity (Wildman–Crippen MR) is 22.0 cm³/mol. The third-order valence-corrected chi connectivity index (χ3v) is 0.889.